The molecule has 0 aliphatic heterocycles. The molecular formula is C25H28ClNO4S. The summed E-state index contributed by atoms with van der Waals surface area (Å²) in [4.78, 5) is 12.0. The number of halogens is 1. The quantitative estimate of drug-likeness (QED) is 0.548. The molecule has 2 N–H and O–H groups in total. The van der Waals surface area contributed by atoms with Crippen LogP contribution in [-0.2, 0) is 21.2 Å². The summed E-state index contributed by atoms with van der Waals surface area (Å²) in [6.07, 6.45) is 6.98. The Hall–Kier alpha value is -2.67. The minimum atomic E-state index is -4.03. The molecule has 0 spiro atoms. The first-order valence-electron chi connectivity index (χ1n) is 10.3. The number of hydrogen-bond acceptors (Lipinski definition) is 3. The lowest BCUT2D eigenvalue weighted by molar-refractivity contribution is -0.143. The zero-order chi connectivity index (χ0) is 23.8. The van der Waals surface area contributed by atoms with E-state index in [-0.39, 0.29) is 17.7 Å². The molecule has 1 aliphatic carbocycles. The Morgan fingerprint density at radius 3 is 2.28 bits per heavy atom. The van der Waals surface area contributed by atoms with Gasteiger partial charge in [0, 0.05) is 17.9 Å². The first-order valence-corrected chi connectivity index (χ1v) is 12.2. The van der Waals surface area contributed by atoms with Crippen molar-refractivity contribution in [3.8, 4) is 0 Å². The van der Waals surface area contributed by atoms with Gasteiger partial charge < -0.3 is 5.11 Å². The number of carboxylic acid groups (broad SMARTS) is 1. The maximum atomic E-state index is 13.0. The molecule has 0 unspecified atom stereocenters. The van der Waals surface area contributed by atoms with Crippen molar-refractivity contribution in [1.29, 1.82) is 0 Å². The fraction of sp³-hybridized carbons (Fsp3) is 0.240. The predicted molar refractivity (Wildman–Crippen MR) is 131 cm³/mol. The van der Waals surface area contributed by atoms with Crippen LogP contribution in [0.4, 0.5) is 0 Å². The molecule has 0 saturated carbocycles. The van der Waals surface area contributed by atoms with Crippen LogP contribution in [0.25, 0.3) is 5.57 Å². The summed E-state index contributed by atoms with van der Waals surface area (Å²) in [5.74, 6) is -1.24. The van der Waals surface area contributed by atoms with E-state index in [0.29, 0.717) is 5.02 Å². The molecule has 0 aromatic heterocycles. The highest BCUT2D eigenvalue weighted by Gasteiger charge is 2.38. The molecule has 2 aromatic carbocycles. The van der Waals surface area contributed by atoms with Crippen molar-refractivity contribution in [1.82, 2.24) is 4.72 Å². The van der Waals surface area contributed by atoms with Crippen molar-refractivity contribution < 1.29 is 18.3 Å². The third-order valence-corrected chi connectivity index (χ3v) is 6.78. The van der Waals surface area contributed by atoms with Crippen molar-refractivity contribution >= 4 is 33.2 Å². The maximum Gasteiger partial charge on any atom is 0.324 e. The Bertz CT molecular complexity index is 1120. The second-order valence-electron chi connectivity index (χ2n) is 7.27. The molecular weight excluding hydrogens is 446 g/mol. The van der Waals surface area contributed by atoms with Crippen LogP contribution in [0, 0.1) is 0 Å². The van der Waals surface area contributed by atoms with Gasteiger partial charge in [0.05, 0.1) is 4.91 Å². The lowest BCUT2D eigenvalue weighted by Gasteiger charge is -2.26. The number of aliphatic carboxylic acids is 1. The van der Waals surface area contributed by atoms with Crippen LogP contribution in [0.1, 0.15) is 38.3 Å². The summed E-state index contributed by atoms with van der Waals surface area (Å²) < 4.78 is 28.4. The number of allylic oxidation sites excluding steroid dienone is 6. The first kappa shape index (κ1) is 25.6. The summed E-state index contributed by atoms with van der Waals surface area (Å²) in [6.45, 7) is 5.38. The molecule has 0 radical (unpaired) electrons. The van der Waals surface area contributed by atoms with Crippen LogP contribution in [0.2, 0.25) is 5.02 Å². The molecule has 5 nitrogen and oxygen atoms in total. The smallest absolute Gasteiger partial charge is 0.324 e. The van der Waals surface area contributed by atoms with E-state index in [0.717, 1.165) is 16.7 Å². The van der Waals surface area contributed by atoms with Crippen LogP contribution in [-0.4, -0.2) is 25.0 Å². The number of rotatable bonds is 7. The largest absolute Gasteiger partial charge is 0.480 e. The number of carboxylic acids is 1. The molecule has 0 fully saturated rings. The van der Waals surface area contributed by atoms with Gasteiger partial charge in [-0.25, -0.2) is 8.42 Å². The second kappa shape index (κ2) is 11.3. The highest BCUT2D eigenvalue weighted by Crippen LogP contribution is 2.25. The van der Waals surface area contributed by atoms with Gasteiger partial charge in [0.2, 0.25) is 10.0 Å². The van der Waals surface area contributed by atoms with Crippen LogP contribution < -0.4 is 4.72 Å². The summed E-state index contributed by atoms with van der Waals surface area (Å²) in [5.41, 5.74) is 0.782. The Labute approximate surface area is 195 Å². The molecule has 0 heterocycles. The van der Waals surface area contributed by atoms with E-state index in [9.17, 15) is 18.3 Å². The molecule has 170 valence electrons. The Kier molecular flexibility index (Phi) is 9.01. The third-order valence-electron chi connectivity index (χ3n) is 4.82. The molecule has 1 atom stereocenters. The van der Waals surface area contributed by atoms with Gasteiger partial charge in [-0.15, -0.1) is 0 Å². The summed E-state index contributed by atoms with van der Waals surface area (Å²) in [7, 11) is -4.03. The fourth-order valence-electron chi connectivity index (χ4n) is 3.16. The van der Waals surface area contributed by atoms with Crippen molar-refractivity contribution in [2.45, 2.75) is 39.2 Å². The number of carbonyl (C=O) groups is 1. The van der Waals surface area contributed by atoms with E-state index in [4.69, 9.17) is 11.6 Å². The topological polar surface area (TPSA) is 83.5 Å². The fourth-order valence-corrected chi connectivity index (χ4v) is 4.74. The summed E-state index contributed by atoms with van der Waals surface area (Å²) in [6, 6.07) is 16.2. The van der Waals surface area contributed by atoms with Gasteiger partial charge in [0.15, 0.2) is 0 Å². The monoisotopic (exact) mass is 473 g/mol. The van der Waals surface area contributed by atoms with Gasteiger partial charge in [-0.1, -0.05) is 86.1 Å². The summed E-state index contributed by atoms with van der Waals surface area (Å²) >= 11 is 5.93. The number of nitrogens with one attached hydrogen (secondary N) is 1. The molecule has 7 heteroatoms. The Morgan fingerprint density at radius 2 is 1.69 bits per heavy atom. The second-order valence-corrected chi connectivity index (χ2v) is 9.45. The lowest BCUT2D eigenvalue weighted by Crippen LogP contribution is -2.53. The Morgan fingerprint density at radius 1 is 1.06 bits per heavy atom. The SMILES string of the molecule is CC.C[C@@](Cc1ccccc1)(NS(=O)(=O)C1=CC=C(c2ccc(Cl)cc2)C=CC1)C(=O)O. The van der Waals surface area contributed by atoms with Crippen LogP contribution in [0.15, 0.2) is 83.8 Å². The minimum Gasteiger partial charge on any atom is -0.480 e. The molecule has 3 rings (SSSR count). The van der Waals surface area contributed by atoms with Crippen molar-refractivity contribution in [2.24, 2.45) is 0 Å². The van der Waals surface area contributed by atoms with Gasteiger partial charge >= 0.3 is 5.97 Å². The standard InChI is InChI=1S/C23H22ClNO4S.C2H6/c1-23(22(26)27,16-17-6-3-2-4-7-17)25-30(28,29)21-9-5-8-18(12-15-21)19-10-13-20(24)14-11-19;1-2/h2-8,10-15,25H,9,16H2,1H3,(H,26,27);1-2H3/t23-;/m0./s1. The van der Waals surface area contributed by atoms with E-state index in [1.54, 1.807) is 48.6 Å². The highest BCUT2D eigenvalue weighted by molar-refractivity contribution is 7.93. The van der Waals surface area contributed by atoms with Crippen LogP contribution in [0.5, 0.6) is 0 Å². The normalized spacial score (nSPS) is 15.4. The minimum absolute atomic E-state index is 0.0252. The number of sulfonamides is 1. The van der Waals surface area contributed by atoms with E-state index in [1.807, 2.05) is 38.1 Å². The third kappa shape index (κ3) is 6.66. The van der Waals surface area contributed by atoms with Crippen molar-refractivity contribution in [3.05, 3.63) is 100.0 Å². The van der Waals surface area contributed by atoms with Crippen LogP contribution in [0.3, 0.4) is 0 Å². The average molecular weight is 474 g/mol. The van der Waals surface area contributed by atoms with Gasteiger partial charge in [-0.3, -0.25) is 4.79 Å². The van der Waals surface area contributed by atoms with E-state index in [1.165, 1.54) is 13.0 Å². The number of benzene rings is 2. The van der Waals surface area contributed by atoms with Gasteiger partial charge in [-0.2, -0.15) is 4.72 Å². The van der Waals surface area contributed by atoms with E-state index < -0.39 is 21.5 Å². The van der Waals surface area contributed by atoms with E-state index >= 15 is 0 Å². The zero-order valence-corrected chi connectivity index (χ0v) is 20.0. The van der Waals surface area contributed by atoms with Gasteiger partial charge in [0.25, 0.3) is 0 Å². The first-order chi connectivity index (χ1) is 15.2. The number of hydrogen-bond donors (Lipinski definition) is 2. The average Bonchev–Trinajstić information content (AvgIpc) is 3.03. The molecule has 0 saturated heterocycles. The van der Waals surface area contributed by atoms with Gasteiger partial charge in [-0.05, 0) is 41.8 Å². The molecule has 0 bridgehead atoms. The molecule has 32 heavy (non-hydrogen) atoms. The van der Waals surface area contributed by atoms with E-state index in [2.05, 4.69) is 4.72 Å². The zero-order valence-electron chi connectivity index (χ0n) is 18.4. The maximum absolute atomic E-state index is 13.0. The van der Waals surface area contributed by atoms with Crippen molar-refractivity contribution in [2.75, 3.05) is 0 Å². The molecule has 0 amide bonds. The predicted octanol–water partition coefficient (Wildman–Crippen LogP) is 5.60. The van der Waals surface area contributed by atoms with Crippen molar-refractivity contribution in [3.63, 3.8) is 0 Å². The van der Waals surface area contributed by atoms with Crippen LogP contribution >= 0.6 is 11.6 Å². The lowest BCUT2D eigenvalue weighted by atomic mass is 9.94. The summed E-state index contributed by atoms with van der Waals surface area (Å²) in [5, 5.41) is 10.4. The molecule has 2 aromatic rings. The highest BCUT2D eigenvalue weighted by atomic mass is 35.5. The van der Waals surface area contributed by atoms with Gasteiger partial charge in [0.1, 0.15) is 5.54 Å². The molecule has 1 aliphatic rings. The Balaban J connectivity index is 0.00000176.